The quantitative estimate of drug-likeness (QED) is 0.897. The molecule has 0 bridgehead atoms. The van der Waals surface area contributed by atoms with Crippen molar-refractivity contribution in [3.8, 4) is 0 Å². The number of halogens is 1. The fraction of sp³-hybridized carbons (Fsp3) is 0.643. The van der Waals surface area contributed by atoms with E-state index in [4.69, 9.17) is 0 Å². The molecule has 0 fully saturated rings. The molecule has 1 rings (SSSR count). The lowest BCUT2D eigenvalue weighted by atomic mass is 9.78. The molecule has 1 atom stereocenters. The number of aromatic nitrogens is 1. The second-order valence-electron chi connectivity index (χ2n) is 5.54. The highest BCUT2D eigenvalue weighted by atomic mass is 79.9. The molecule has 1 unspecified atom stereocenters. The molecule has 0 aliphatic rings. The first-order valence-corrected chi connectivity index (χ1v) is 7.04. The number of pyridine rings is 1. The van der Waals surface area contributed by atoms with Gasteiger partial charge in [-0.15, -0.1) is 0 Å². The Hall–Kier alpha value is -0.410. The third-order valence-corrected chi connectivity index (χ3v) is 3.58. The van der Waals surface area contributed by atoms with Gasteiger partial charge in [0.15, 0.2) is 0 Å². The lowest BCUT2D eigenvalue weighted by molar-refractivity contribution is 0.230. The molecule has 0 aliphatic carbocycles. The first kappa shape index (κ1) is 14.7. The molecule has 17 heavy (non-hydrogen) atoms. The number of nitrogens with one attached hydrogen (secondary N) is 1. The van der Waals surface area contributed by atoms with Gasteiger partial charge >= 0.3 is 0 Å². The number of rotatable bonds is 5. The zero-order valence-corrected chi connectivity index (χ0v) is 12.8. The molecule has 1 aromatic rings. The molecule has 0 amide bonds. The van der Waals surface area contributed by atoms with E-state index >= 15 is 0 Å². The topological polar surface area (TPSA) is 24.9 Å². The Morgan fingerprint density at radius 3 is 2.53 bits per heavy atom. The standard InChI is InChI=1S/C14H23BrN2/c1-5-16-9-11(14(2,3)4)8-13-7-6-12(15)10-17-13/h6-7,10-11,16H,5,8-9H2,1-4H3. The molecule has 0 saturated carbocycles. The third kappa shape index (κ3) is 5.17. The summed E-state index contributed by atoms with van der Waals surface area (Å²) in [5.74, 6) is 0.608. The molecule has 0 aromatic carbocycles. The summed E-state index contributed by atoms with van der Waals surface area (Å²) in [6, 6.07) is 4.17. The van der Waals surface area contributed by atoms with E-state index in [-0.39, 0.29) is 0 Å². The van der Waals surface area contributed by atoms with Crippen molar-refractivity contribution in [1.29, 1.82) is 0 Å². The summed E-state index contributed by atoms with van der Waals surface area (Å²) in [5, 5.41) is 3.45. The van der Waals surface area contributed by atoms with Gasteiger partial charge in [0.1, 0.15) is 0 Å². The molecule has 96 valence electrons. The van der Waals surface area contributed by atoms with E-state index in [1.807, 2.05) is 6.20 Å². The predicted molar refractivity (Wildman–Crippen MR) is 77.1 cm³/mol. The van der Waals surface area contributed by atoms with Crippen LogP contribution in [-0.4, -0.2) is 18.1 Å². The molecule has 3 heteroatoms. The van der Waals surface area contributed by atoms with Gasteiger partial charge in [0.2, 0.25) is 0 Å². The van der Waals surface area contributed by atoms with Gasteiger partial charge in [-0.1, -0.05) is 27.7 Å². The second-order valence-corrected chi connectivity index (χ2v) is 6.46. The normalized spacial score (nSPS) is 13.7. The van der Waals surface area contributed by atoms with Crippen molar-refractivity contribution in [3.63, 3.8) is 0 Å². The fourth-order valence-electron chi connectivity index (χ4n) is 1.78. The van der Waals surface area contributed by atoms with Crippen LogP contribution in [0.3, 0.4) is 0 Å². The van der Waals surface area contributed by atoms with Gasteiger partial charge in [0.05, 0.1) is 0 Å². The van der Waals surface area contributed by atoms with Crippen LogP contribution < -0.4 is 5.32 Å². The molecule has 0 saturated heterocycles. The second kappa shape index (κ2) is 6.50. The van der Waals surface area contributed by atoms with E-state index in [1.165, 1.54) is 5.69 Å². The fourth-order valence-corrected chi connectivity index (χ4v) is 2.02. The van der Waals surface area contributed by atoms with Crippen molar-refractivity contribution < 1.29 is 0 Å². The van der Waals surface area contributed by atoms with Crippen LogP contribution in [0.1, 0.15) is 33.4 Å². The lowest BCUT2D eigenvalue weighted by Crippen LogP contribution is -2.33. The van der Waals surface area contributed by atoms with Crippen molar-refractivity contribution in [3.05, 3.63) is 28.5 Å². The molecule has 0 aliphatic heterocycles. The van der Waals surface area contributed by atoms with E-state index in [0.717, 1.165) is 24.0 Å². The van der Waals surface area contributed by atoms with Crippen LogP contribution >= 0.6 is 15.9 Å². The van der Waals surface area contributed by atoms with Crippen LogP contribution in [-0.2, 0) is 6.42 Å². The Morgan fingerprint density at radius 2 is 2.06 bits per heavy atom. The predicted octanol–water partition coefficient (Wildman–Crippen LogP) is 3.66. The number of hydrogen-bond donors (Lipinski definition) is 1. The van der Waals surface area contributed by atoms with E-state index in [9.17, 15) is 0 Å². The molecule has 1 N–H and O–H groups in total. The minimum absolute atomic E-state index is 0.303. The third-order valence-electron chi connectivity index (χ3n) is 3.11. The summed E-state index contributed by atoms with van der Waals surface area (Å²) in [5.41, 5.74) is 1.47. The number of nitrogens with zero attached hydrogens (tertiary/aromatic N) is 1. The molecule has 0 spiro atoms. The Bertz CT molecular complexity index is 327. The van der Waals surface area contributed by atoms with Gasteiger partial charge in [-0.3, -0.25) is 4.98 Å². The van der Waals surface area contributed by atoms with Crippen LogP contribution in [0, 0.1) is 11.3 Å². The number of hydrogen-bond acceptors (Lipinski definition) is 2. The van der Waals surface area contributed by atoms with Gasteiger partial charge in [0.25, 0.3) is 0 Å². The summed E-state index contributed by atoms with van der Waals surface area (Å²) in [7, 11) is 0. The van der Waals surface area contributed by atoms with E-state index < -0.39 is 0 Å². The summed E-state index contributed by atoms with van der Waals surface area (Å²) in [6.45, 7) is 11.1. The Kier molecular flexibility index (Phi) is 5.60. The summed E-state index contributed by atoms with van der Waals surface area (Å²) < 4.78 is 1.04. The zero-order valence-electron chi connectivity index (χ0n) is 11.3. The van der Waals surface area contributed by atoms with Crippen LogP contribution in [0.5, 0.6) is 0 Å². The first-order chi connectivity index (χ1) is 7.93. The van der Waals surface area contributed by atoms with Crippen LogP contribution in [0.4, 0.5) is 0 Å². The van der Waals surface area contributed by atoms with Crippen molar-refractivity contribution >= 4 is 15.9 Å². The summed E-state index contributed by atoms with van der Waals surface area (Å²) in [6.07, 6.45) is 2.91. The maximum absolute atomic E-state index is 4.47. The summed E-state index contributed by atoms with van der Waals surface area (Å²) in [4.78, 5) is 4.47. The van der Waals surface area contributed by atoms with Crippen LogP contribution in [0.2, 0.25) is 0 Å². The van der Waals surface area contributed by atoms with Gasteiger partial charge in [-0.2, -0.15) is 0 Å². The minimum Gasteiger partial charge on any atom is -0.317 e. The Morgan fingerprint density at radius 1 is 1.35 bits per heavy atom. The SMILES string of the molecule is CCNCC(Cc1ccc(Br)cn1)C(C)(C)C. The van der Waals surface area contributed by atoms with Gasteiger partial charge < -0.3 is 5.32 Å². The molecule has 2 nitrogen and oxygen atoms in total. The highest BCUT2D eigenvalue weighted by molar-refractivity contribution is 9.10. The minimum atomic E-state index is 0.303. The highest BCUT2D eigenvalue weighted by Crippen LogP contribution is 2.28. The molecule has 1 aromatic heterocycles. The van der Waals surface area contributed by atoms with E-state index in [1.54, 1.807) is 0 Å². The monoisotopic (exact) mass is 298 g/mol. The smallest absolute Gasteiger partial charge is 0.0413 e. The van der Waals surface area contributed by atoms with E-state index in [0.29, 0.717) is 11.3 Å². The average Bonchev–Trinajstić information content (AvgIpc) is 2.25. The van der Waals surface area contributed by atoms with Crippen molar-refractivity contribution in [1.82, 2.24) is 10.3 Å². The maximum atomic E-state index is 4.47. The largest absolute Gasteiger partial charge is 0.317 e. The first-order valence-electron chi connectivity index (χ1n) is 6.24. The Balaban J connectivity index is 2.68. The average molecular weight is 299 g/mol. The molecule has 0 radical (unpaired) electrons. The van der Waals surface area contributed by atoms with Crippen molar-refractivity contribution in [2.24, 2.45) is 11.3 Å². The van der Waals surface area contributed by atoms with Gasteiger partial charge in [-0.25, -0.2) is 0 Å². The van der Waals surface area contributed by atoms with E-state index in [2.05, 4.69) is 66.1 Å². The lowest BCUT2D eigenvalue weighted by Gasteiger charge is -2.30. The Labute approximate surface area is 113 Å². The van der Waals surface area contributed by atoms with Crippen molar-refractivity contribution in [2.45, 2.75) is 34.1 Å². The van der Waals surface area contributed by atoms with Crippen molar-refractivity contribution in [2.75, 3.05) is 13.1 Å². The maximum Gasteiger partial charge on any atom is 0.0413 e. The van der Waals surface area contributed by atoms with Crippen LogP contribution in [0.15, 0.2) is 22.8 Å². The molecule has 1 heterocycles. The van der Waals surface area contributed by atoms with Gasteiger partial charge in [-0.05, 0) is 58.9 Å². The molecular weight excluding hydrogens is 276 g/mol. The molecular formula is C14H23BrN2. The van der Waals surface area contributed by atoms with Crippen LogP contribution in [0.25, 0.3) is 0 Å². The van der Waals surface area contributed by atoms with Gasteiger partial charge in [0, 0.05) is 16.4 Å². The zero-order chi connectivity index (χ0) is 12.9. The highest BCUT2D eigenvalue weighted by Gasteiger charge is 2.24. The summed E-state index contributed by atoms with van der Waals surface area (Å²) >= 11 is 3.42.